The number of hydrogen-bond acceptors (Lipinski definition) is 4. The van der Waals surface area contributed by atoms with Crippen LogP contribution >= 0.6 is 0 Å². The maximum absolute atomic E-state index is 9.02. The highest BCUT2D eigenvalue weighted by Crippen LogP contribution is 2.38. The Bertz CT molecular complexity index is 244. The van der Waals surface area contributed by atoms with Crippen molar-refractivity contribution in [3.63, 3.8) is 0 Å². The third-order valence-corrected chi connectivity index (χ3v) is 1.83. The molecule has 2 N–H and O–H groups in total. The lowest BCUT2D eigenvalue weighted by Gasteiger charge is -1.91. The smallest absolute Gasteiger partial charge is 0.136 e. The third-order valence-electron chi connectivity index (χ3n) is 1.83. The molecular formula is C7H8N2O2. The molecule has 0 aromatic carbocycles. The van der Waals surface area contributed by atoms with E-state index < -0.39 is 12.2 Å². The molecule has 0 bridgehead atoms. The molecule has 0 radical (unpaired) electrons. The molecule has 1 aromatic heterocycles. The summed E-state index contributed by atoms with van der Waals surface area (Å²) < 4.78 is 0. The van der Waals surface area contributed by atoms with Gasteiger partial charge >= 0.3 is 0 Å². The first kappa shape index (κ1) is 6.69. The summed E-state index contributed by atoms with van der Waals surface area (Å²) in [6, 6.07) is 1.70. The number of aliphatic hydroxyl groups is 2. The Labute approximate surface area is 63.5 Å². The molecule has 0 aliphatic heterocycles. The second-order valence-corrected chi connectivity index (χ2v) is 2.61. The summed E-state index contributed by atoms with van der Waals surface area (Å²) in [5.41, 5.74) is 0. The van der Waals surface area contributed by atoms with Gasteiger partial charge in [-0.1, -0.05) is 0 Å². The molecule has 4 nitrogen and oxygen atoms in total. The second kappa shape index (κ2) is 2.25. The molecule has 2 atom stereocenters. The molecule has 0 amide bonds. The topological polar surface area (TPSA) is 66.2 Å². The van der Waals surface area contributed by atoms with Gasteiger partial charge in [0.05, 0.1) is 18.1 Å². The van der Waals surface area contributed by atoms with Gasteiger partial charge in [-0.3, -0.25) is 0 Å². The maximum atomic E-state index is 9.02. The van der Waals surface area contributed by atoms with Crippen LogP contribution in [-0.2, 0) is 0 Å². The van der Waals surface area contributed by atoms with Gasteiger partial charge in [0.1, 0.15) is 5.82 Å². The van der Waals surface area contributed by atoms with E-state index >= 15 is 0 Å². The van der Waals surface area contributed by atoms with Crippen molar-refractivity contribution in [3.05, 3.63) is 24.3 Å². The van der Waals surface area contributed by atoms with Crippen LogP contribution in [0.4, 0.5) is 0 Å². The molecule has 1 saturated carbocycles. The summed E-state index contributed by atoms with van der Waals surface area (Å²) in [6.07, 6.45) is 1.86. The maximum Gasteiger partial charge on any atom is 0.136 e. The first-order valence-corrected chi connectivity index (χ1v) is 3.44. The Morgan fingerprint density at radius 2 is 1.64 bits per heavy atom. The summed E-state index contributed by atoms with van der Waals surface area (Å²) in [7, 11) is 0. The molecule has 1 heterocycles. The fraction of sp³-hybridized carbons (Fsp3) is 0.429. The van der Waals surface area contributed by atoms with Crippen LogP contribution in [-0.4, -0.2) is 32.4 Å². The SMILES string of the molecule is OC1C(O)C1c1ncccn1. The Kier molecular flexibility index (Phi) is 1.37. The van der Waals surface area contributed by atoms with Gasteiger partial charge in [-0.25, -0.2) is 9.97 Å². The third kappa shape index (κ3) is 1.00. The summed E-state index contributed by atoms with van der Waals surface area (Å²) in [4.78, 5) is 7.82. The number of hydrogen-bond donors (Lipinski definition) is 2. The molecular weight excluding hydrogens is 144 g/mol. The largest absolute Gasteiger partial charge is 0.390 e. The van der Waals surface area contributed by atoms with E-state index in [4.69, 9.17) is 10.2 Å². The van der Waals surface area contributed by atoms with Gasteiger partial charge in [0.25, 0.3) is 0 Å². The van der Waals surface area contributed by atoms with Crippen molar-refractivity contribution >= 4 is 0 Å². The quantitative estimate of drug-likeness (QED) is 0.558. The van der Waals surface area contributed by atoms with Gasteiger partial charge in [-0.05, 0) is 6.07 Å². The second-order valence-electron chi connectivity index (χ2n) is 2.61. The van der Waals surface area contributed by atoms with E-state index in [2.05, 4.69) is 9.97 Å². The average molecular weight is 152 g/mol. The predicted octanol–water partition coefficient (Wildman–Crippen LogP) is -0.704. The van der Waals surface area contributed by atoms with Gasteiger partial charge < -0.3 is 10.2 Å². The van der Waals surface area contributed by atoms with Gasteiger partial charge in [0.15, 0.2) is 0 Å². The summed E-state index contributed by atoms with van der Waals surface area (Å²) in [6.45, 7) is 0. The minimum absolute atomic E-state index is 0.267. The van der Waals surface area contributed by atoms with Crippen molar-refractivity contribution < 1.29 is 10.2 Å². The molecule has 1 aliphatic rings. The van der Waals surface area contributed by atoms with E-state index in [-0.39, 0.29) is 5.92 Å². The molecule has 4 heteroatoms. The van der Waals surface area contributed by atoms with Crippen molar-refractivity contribution in [2.75, 3.05) is 0 Å². The van der Waals surface area contributed by atoms with Crippen LogP contribution in [0.2, 0.25) is 0 Å². The van der Waals surface area contributed by atoms with Crippen LogP contribution in [0.25, 0.3) is 0 Å². The van der Waals surface area contributed by atoms with E-state index in [0.29, 0.717) is 5.82 Å². The lowest BCUT2D eigenvalue weighted by atomic mass is 10.4. The van der Waals surface area contributed by atoms with Crippen LogP contribution < -0.4 is 0 Å². The van der Waals surface area contributed by atoms with Crippen molar-refractivity contribution in [1.82, 2.24) is 9.97 Å². The fourth-order valence-electron chi connectivity index (χ4n) is 1.07. The van der Waals surface area contributed by atoms with Crippen LogP contribution in [0.15, 0.2) is 18.5 Å². The number of aliphatic hydroxyl groups excluding tert-OH is 2. The van der Waals surface area contributed by atoms with Gasteiger partial charge in [-0.2, -0.15) is 0 Å². The van der Waals surface area contributed by atoms with Crippen LogP contribution in [0, 0.1) is 0 Å². The van der Waals surface area contributed by atoms with Crippen LogP contribution in [0.5, 0.6) is 0 Å². The van der Waals surface area contributed by atoms with E-state index in [1.165, 1.54) is 0 Å². The number of nitrogens with zero attached hydrogens (tertiary/aromatic N) is 2. The molecule has 2 rings (SSSR count). The number of aromatic nitrogens is 2. The molecule has 11 heavy (non-hydrogen) atoms. The van der Waals surface area contributed by atoms with Crippen LogP contribution in [0.1, 0.15) is 11.7 Å². The molecule has 2 unspecified atom stereocenters. The lowest BCUT2D eigenvalue weighted by Crippen LogP contribution is -1.93. The Morgan fingerprint density at radius 1 is 1.09 bits per heavy atom. The van der Waals surface area contributed by atoms with Gasteiger partial charge in [-0.15, -0.1) is 0 Å². The normalized spacial score (nSPS) is 35.3. The predicted molar refractivity (Wildman–Crippen MR) is 36.8 cm³/mol. The van der Waals surface area contributed by atoms with Gasteiger partial charge in [0.2, 0.25) is 0 Å². The Morgan fingerprint density at radius 3 is 2.09 bits per heavy atom. The van der Waals surface area contributed by atoms with E-state index in [9.17, 15) is 0 Å². The highest BCUT2D eigenvalue weighted by molar-refractivity contribution is 5.17. The highest BCUT2D eigenvalue weighted by atomic mass is 16.4. The van der Waals surface area contributed by atoms with E-state index in [1.54, 1.807) is 18.5 Å². The fourth-order valence-corrected chi connectivity index (χ4v) is 1.07. The van der Waals surface area contributed by atoms with Crippen molar-refractivity contribution in [3.8, 4) is 0 Å². The van der Waals surface area contributed by atoms with Crippen molar-refractivity contribution in [1.29, 1.82) is 0 Å². The Balaban J connectivity index is 2.20. The van der Waals surface area contributed by atoms with E-state index in [0.717, 1.165) is 0 Å². The lowest BCUT2D eigenvalue weighted by molar-refractivity contribution is 0.180. The molecule has 1 aromatic rings. The minimum atomic E-state index is -0.669. The highest BCUT2D eigenvalue weighted by Gasteiger charge is 2.51. The average Bonchev–Trinajstić information content (AvgIpc) is 2.62. The zero-order chi connectivity index (χ0) is 7.84. The zero-order valence-corrected chi connectivity index (χ0v) is 5.75. The van der Waals surface area contributed by atoms with Crippen molar-refractivity contribution in [2.24, 2.45) is 0 Å². The minimum Gasteiger partial charge on any atom is -0.390 e. The first-order chi connectivity index (χ1) is 5.30. The van der Waals surface area contributed by atoms with E-state index in [1.807, 2.05) is 0 Å². The Hall–Kier alpha value is -1.00. The summed E-state index contributed by atoms with van der Waals surface area (Å²) in [5.74, 6) is 0.253. The molecule has 1 fully saturated rings. The number of rotatable bonds is 1. The molecule has 58 valence electrons. The summed E-state index contributed by atoms with van der Waals surface area (Å²) >= 11 is 0. The zero-order valence-electron chi connectivity index (χ0n) is 5.75. The standard InChI is InChI=1S/C7H8N2O2/c10-5-4(6(5)11)7-8-2-1-3-9-7/h1-6,10-11H. The first-order valence-electron chi connectivity index (χ1n) is 3.44. The molecule has 1 aliphatic carbocycles. The van der Waals surface area contributed by atoms with Crippen molar-refractivity contribution in [2.45, 2.75) is 18.1 Å². The van der Waals surface area contributed by atoms with Gasteiger partial charge in [0, 0.05) is 12.4 Å². The van der Waals surface area contributed by atoms with Crippen LogP contribution in [0.3, 0.4) is 0 Å². The summed E-state index contributed by atoms with van der Waals surface area (Å²) in [5, 5.41) is 18.0. The molecule has 0 spiro atoms. The monoisotopic (exact) mass is 152 g/mol. The molecule has 0 saturated heterocycles.